The predicted molar refractivity (Wildman–Crippen MR) is 126 cm³/mol. The van der Waals surface area contributed by atoms with Crippen LogP contribution in [0.25, 0.3) is 11.1 Å². The fourth-order valence-corrected chi connectivity index (χ4v) is 4.32. The summed E-state index contributed by atoms with van der Waals surface area (Å²) in [5.41, 5.74) is 4.52. The van der Waals surface area contributed by atoms with Gasteiger partial charge in [-0.3, -0.25) is 9.59 Å². The van der Waals surface area contributed by atoms with Crippen LogP contribution in [0.15, 0.2) is 48.5 Å². The van der Waals surface area contributed by atoms with E-state index in [1.165, 1.54) is 0 Å². The molecule has 0 spiro atoms. The van der Waals surface area contributed by atoms with Crippen LogP contribution in [0.4, 0.5) is 4.79 Å². The summed E-state index contributed by atoms with van der Waals surface area (Å²) < 4.78 is 5.53. The summed E-state index contributed by atoms with van der Waals surface area (Å²) in [7, 11) is 0. The van der Waals surface area contributed by atoms with Crippen molar-refractivity contribution in [2.45, 2.75) is 64.0 Å². The number of hydrogen-bond acceptors (Lipinski definition) is 4. The number of carbonyl (C=O) groups is 3. The van der Waals surface area contributed by atoms with E-state index in [4.69, 9.17) is 9.84 Å². The molecule has 2 aromatic rings. The summed E-state index contributed by atoms with van der Waals surface area (Å²) >= 11 is 0. The van der Waals surface area contributed by atoms with Gasteiger partial charge in [0.2, 0.25) is 5.91 Å². The molecule has 1 aliphatic carbocycles. The van der Waals surface area contributed by atoms with Crippen LogP contribution >= 0.6 is 0 Å². The molecular weight excluding hydrogens is 420 g/mol. The minimum Gasteiger partial charge on any atom is -0.481 e. The molecule has 2 atom stereocenters. The van der Waals surface area contributed by atoms with E-state index in [9.17, 15) is 14.4 Å². The van der Waals surface area contributed by atoms with Gasteiger partial charge in [-0.05, 0) is 35.1 Å². The Balaban J connectivity index is 1.59. The number of carboxylic acid groups (broad SMARTS) is 1. The Bertz CT molecular complexity index is 945. The van der Waals surface area contributed by atoms with Crippen molar-refractivity contribution in [3.05, 3.63) is 59.7 Å². The molecule has 7 nitrogen and oxygen atoms in total. The first-order valence-corrected chi connectivity index (χ1v) is 11.6. The number of hydrogen-bond donors (Lipinski definition) is 3. The topological polar surface area (TPSA) is 105 Å². The van der Waals surface area contributed by atoms with Crippen LogP contribution in [-0.2, 0) is 14.3 Å². The molecular formula is C26H32N2O5. The number of benzene rings is 2. The first-order chi connectivity index (χ1) is 15.9. The largest absolute Gasteiger partial charge is 0.481 e. The monoisotopic (exact) mass is 452 g/mol. The number of rotatable bonds is 11. The van der Waals surface area contributed by atoms with Gasteiger partial charge in [0.25, 0.3) is 0 Å². The highest BCUT2D eigenvalue weighted by Crippen LogP contribution is 2.44. The molecule has 0 radical (unpaired) electrons. The number of carboxylic acids is 1. The molecule has 2 aromatic carbocycles. The predicted octanol–water partition coefficient (Wildman–Crippen LogP) is 4.45. The van der Waals surface area contributed by atoms with Crippen LogP contribution in [0, 0.1) is 0 Å². The maximum Gasteiger partial charge on any atom is 0.407 e. The highest BCUT2D eigenvalue weighted by atomic mass is 16.5. The van der Waals surface area contributed by atoms with E-state index < -0.39 is 30.1 Å². The van der Waals surface area contributed by atoms with Crippen molar-refractivity contribution in [1.82, 2.24) is 10.6 Å². The molecule has 0 aliphatic heterocycles. The lowest BCUT2D eigenvalue weighted by Gasteiger charge is -2.22. The summed E-state index contributed by atoms with van der Waals surface area (Å²) in [6.45, 7) is 3.95. The molecule has 33 heavy (non-hydrogen) atoms. The van der Waals surface area contributed by atoms with E-state index >= 15 is 0 Å². The van der Waals surface area contributed by atoms with Crippen LogP contribution in [0.2, 0.25) is 0 Å². The fraction of sp³-hybridized carbons (Fsp3) is 0.423. The Labute approximate surface area is 194 Å². The van der Waals surface area contributed by atoms with Crippen LogP contribution < -0.4 is 10.6 Å². The van der Waals surface area contributed by atoms with E-state index in [1.807, 2.05) is 43.3 Å². The maximum absolute atomic E-state index is 12.7. The zero-order chi connectivity index (χ0) is 23.8. The molecule has 1 aliphatic rings. The number of carbonyl (C=O) groups excluding carboxylic acids is 2. The summed E-state index contributed by atoms with van der Waals surface area (Å²) in [5.74, 6) is -1.42. The Morgan fingerprint density at radius 3 is 2.12 bits per heavy atom. The van der Waals surface area contributed by atoms with Crippen molar-refractivity contribution < 1.29 is 24.2 Å². The van der Waals surface area contributed by atoms with E-state index in [2.05, 4.69) is 22.8 Å². The van der Waals surface area contributed by atoms with Gasteiger partial charge in [-0.2, -0.15) is 0 Å². The quantitative estimate of drug-likeness (QED) is 0.467. The average molecular weight is 453 g/mol. The van der Waals surface area contributed by atoms with Crippen molar-refractivity contribution in [2.75, 3.05) is 6.61 Å². The lowest BCUT2D eigenvalue weighted by Crippen LogP contribution is -2.50. The van der Waals surface area contributed by atoms with E-state index in [0.29, 0.717) is 12.8 Å². The van der Waals surface area contributed by atoms with Crippen molar-refractivity contribution >= 4 is 18.0 Å². The van der Waals surface area contributed by atoms with Crippen molar-refractivity contribution in [2.24, 2.45) is 0 Å². The summed E-state index contributed by atoms with van der Waals surface area (Å²) in [6, 6.07) is 14.9. The van der Waals surface area contributed by atoms with E-state index in [1.54, 1.807) is 6.92 Å². The Kier molecular flexibility index (Phi) is 8.46. The molecule has 0 unspecified atom stereocenters. The minimum absolute atomic E-state index is 0.0638. The molecule has 3 rings (SSSR count). The van der Waals surface area contributed by atoms with Gasteiger partial charge < -0.3 is 20.5 Å². The summed E-state index contributed by atoms with van der Waals surface area (Å²) in [6.07, 6.45) is 1.85. The van der Waals surface area contributed by atoms with Gasteiger partial charge in [-0.1, -0.05) is 75.2 Å². The van der Waals surface area contributed by atoms with Gasteiger partial charge in [-0.25, -0.2) is 4.79 Å². The van der Waals surface area contributed by atoms with Gasteiger partial charge in [-0.15, -0.1) is 0 Å². The summed E-state index contributed by atoms with van der Waals surface area (Å²) in [5, 5.41) is 14.5. The second-order valence-corrected chi connectivity index (χ2v) is 8.38. The van der Waals surface area contributed by atoms with Crippen LogP contribution in [0.5, 0.6) is 0 Å². The maximum atomic E-state index is 12.7. The highest BCUT2D eigenvalue weighted by Gasteiger charge is 2.30. The smallest absolute Gasteiger partial charge is 0.407 e. The van der Waals surface area contributed by atoms with Gasteiger partial charge in [0.15, 0.2) is 0 Å². The normalized spacial score (nSPS) is 14.0. The number of ether oxygens (including phenoxy) is 1. The lowest BCUT2D eigenvalue weighted by atomic mass is 9.98. The molecule has 0 heterocycles. The van der Waals surface area contributed by atoms with E-state index in [-0.39, 0.29) is 18.9 Å². The molecule has 0 aromatic heterocycles. The number of alkyl carbamates (subject to hydrolysis) is 1. The molecule has 0 saturated heterocycles. The highest BCUT2D eigenvalue weighted by molar-refractivity contribution is 5.86. The number of aliphatic carboxylic acids is 1. The third-order valence-electron chi connectivity index (χ3n) is 6.03. The van der Waals surface area contributed by atoms with Crippen molar-refractivity contribution in [3.8, 4) is 11.1 Å². The second-order valence-electron chi connectivity index (χ2n) is 8.38. The van der Waals surface area contributed by atoms with Gasteiger partial charge in [0, 0.05) is 12.0 Å². The Morgan fingerprint density at radius 1 is 0.970 bits per heavy atom. The number of fused-ring (bicyclic) bond motifs is 3. The van der Waals surface area contributed by atoms with Gasteiger partial charge in [0.05, 0.1) is 6.42 Å². The van der Waals surface area contributed by atoms with Gasteiger partial charge >= 0.3 is 12.1 Å². The number of amides is 2. The standard InChI is InChI=1S/C26H32N2O5/c1-3-5-10-17(15-24(29)30)27-25(31)23(4-2)28-26(32)33-16-22-20-13-8-6-11-18(20)19-12-7-9-14-21(19)22/h6-9,11-14,17,22-23H,3-5,10,15-16H2,1-2H3,(H,27,31)(H,28,32)(H,29,30)/t17-,23-/m0/s1. The zero-order valence-electron chi connectivity index (χ0n) is 19.2. The summed E-state index contributed by atoms with van der Waals surface area (Å²) in [4.78, 5) is 36.3. The Hall–Kier alpha value is -3.35. The number of nitrogens with one attached hydrogen (secondary N) is 2. The molecule has 0 bridgehead atoms. The van der Waals surface area contributed by atoms with Gasteiger partial charge in [0.1, 0.15) is 12.6 Å². The first-order valence-electron chi connectivity index (χ1n) is 11.6. The third kappa shape index (κ3) is 6.12. The van der Waals surface area contributed by atoms with Crippen LogP contribution in [0.3, 0.4) is 0 Å². The minimum atomic E-state index is -0.964. The third-order valence-corrected chi connectivity index (χ3v) is 6.03. The lowest BCUT2D eigenvalue weighted by molar-refractivity contribution is -0.137. The SMILES string of the molecule is CCCC[C@@H](CC(=O)O)NC(=O)[C@H](CC)NC(=O)OCC1c2ccccc2-c2ccccc21. The second kappa shape index (κ2) is 11.5. The van der Waals surface area contributed by atoms with E-state index in [0.717, 1.165) is 35.1 Å². The average Bonchev–Trinajstić information content (AvgIpc) is 3.13. The van der Waals surface area contributed by atoms with Crippen molar-refractivity contribution in [1.29, 1.82) is 0 Å². The molecule has 0 saturated carbocycles. The molecule has 7 heteroatoms. The van der Waals surface area contributed by atoms with Crippen molar-refractivity contribution in [3.63, 3.8) is 0 Å². The number of unbranched alkanes of at least 4 members (excludes halogenated alkanes) is 1. The fourth-order valence-electron chi connectivity index (χ4n) is 4.32. The first kappa shape index (κ1) is 24.3. The Morgan fingerprint density at radius 2 is 1.58 bits per heavy atom. The molecule has 2 amide bonds. The zero-order valence-corrected chi connectivity index (χ0v) is 19.2. The van der Waals surface area contributed by atoms with Crippen LogP contribution in [0.1, 0.15) is 63.0 Å². The van der Waals surface area contributed by atoms with Crippen LogP contribution in [-0.4, -0.2) is 41.8 Å². The molecule has 176 valence electrons. The molecule has 3 N–H and O–H groups in total. The molecule has 0 fully saturated rings.